The summed E-state index contributed by atoms with van der Waals surface area (Å²) in [5.74, 6) is 2.02. The molecule has 6 nitrogen and oxygen atoms in total. The van der Waals surface area contributed by atoms with Crippen LogP contribution in [0.3, 0.4) is 0 Å². The zero-order valence-electron chi connectivity index (χ0n) is 16.5. The van der Waals surface area contributed by atoms with Crippen LogP contribution in [0.25, 0.3) is 21.7 Å². The normalized spacial score (nSPS) is 19.1. The van der Waals surface area contributed by atoms with Gasteiger partial charge in [0.15, 0.2) is 5.82 Å². The number of hydrogen-bond acceptors (Lipinski definition) is 7. The Hall–Kier alpha value is -2.51. The van der Waals surface area contributed by atoms with E-state index in [4.69, 9.17) is 0 Å². The van der Waals surface area contributed by atoms with Gasteiger partial charge in [0.25, 0.3) is 0 Å². The number of aryl methyl sites for hydroxylation is 1. The van der Waals surface area contributed by atoms with Crippen molar-refractivity contribution in [2.75, 3.05) is 24.5 Å². The molecule has 1 atom stereocenters. The van der Waals surface area contributed by atoms with Crippen LogP contribution < -0.4 is 10.2 Å². The molecule has 3 aromatic rings. The van der Waals surface area contributed by atoms with E-state index in [0.29, 0.717) is 17.3 Å². The highest BCUT2D eigenvalue weighted by molar-refractivity contribution is 7.15. The van der Waals surface area contributed by atoms with Crippen molar-refractivity contribution in [1.29, 1.82) is 0 Å². The molecule has 1 unspecified atom stereocenters. The first-order valence-electron chi connectivity index (χ1n) is 10.2. The van der Waals surface area contributed by atoms with Crippen LogP contribution >= 0.6 is 11.3 Å². The topological polar surface area (TPSA) is 74.2 Å². The molecule has 1 aromatic carbocycles. The summed E-state index contributed by atoms with van der Waals surface area (Å²) in [5.41, 5.74) is 2.34. The van der Waals surface area contributed by atoms with E-state index in [2.05, 4.69) is 25.4 Å². The first kappa shape index (κ1) is 18.5. The van der Waals surface area contributed by atoms with Gasteiger partial charge in [-0.1, -0.05) is 6.07 Å². The number of benzene rings is 1. The Morgan fingerprint density at radius 1 is 1.17 bits per heavy atom. The second kappa shape index (κ2) is 7.72. The van der Waals surface area contributed by atoms with Crippen molar-refractivity contribution in [3.63, 3.8) is 0 Å². The average molecular weight is 408 g/mol. The summed E-state index contributed by atoms with van der Waals surface area (Å²) in [6.07, 6.45) is 5.75. The number of phenols is 1. The fourth-order valence-corrected chi connectivity index (χ4v) is 4.60. The number of nitrogens with one attached hydrogen (secondary N) is 1. The van der Waals surface area contributed by atoms with Gasteiger partial charge >= 0.3 is 0 Å². The summed E-state index contributed by atoms with van der Waals surface area (Å²) >= 11 is 1.61. The molecule has 0 radical (unpaired) electrons. The van der Waals surface area contributed by atoms with Gasteiger partial charge in [-0.3, -0.25) is 0 Å². The highest BCUT2D eigenvalue weighted by Crippen LogP contribution is 2.34. The molecule has 2 fully saturated rings. The molecule has 29 heavy (non-hydrogen) atoms. The van der Waals surface area contributed by atoms with Gasteiger partial charge in [0.1, 0.15) is 5.75 Å². The minimum absolute atomic E-state index is 0.209. The van der Waals surface area contributed by atoms with Gasteiger partial charge in [0.05, 0.1) is 15.6 Å². The van der Waals surface area contributed by atoms with Gasteiger partial charge in [-0.05, 0) is 68.5 Å². The lowest BCUT2D eigenvalue weighted by Crippen LogP contribution is -2.34. The molecule has 2 aromatic heterocycles. The molecule has 150 valence electrons. The number of aromatic hydroxyl groups is 1. The average Bonchev–Trinajstić information content (AvgIpc) is 3.26. The van der Waals surface area contributed by atoms with Crippen molar-refractivity contribution in [3.8, 4) is 27.4 Å². The maximum absolute atomic E-state index is 10.5. The third-order valence-corrected chi connectivity index (χ3v) is 6.70. The lowest BCUT2D eigenvalue weighted by molar-refractivity contribution is 0.477. The van der Waals surface area contributed by atoms with E-state index in [-0.39, 0.29) is 5.75 Å². The Labute approximate surface area is 174 Å². The predicted octanol–water partition coefficient (Wildman–Crippen LogP) is 3.86. The van der Waals surface area contributed by atoms with Crippen LogP contribution in [0.4, 0.5) is 5.82 Å². The largest absolute Gasteiger partial charge is 0.507 e. The van der Waals surface area contributed by atoms with Crippen LogP contribution in [0.1, 0.15) is 24.3 Å². The number of hydrogen-bond donors (Lipinski definition) is 2. The number of thiazole rings is 1. The number of phenolic OH excluding ortho intramolecular Hbond substituents is 1. The Kier molecular flexibility index (Phi) is 4.93. The zero-order chi connectivity index (χ0) is 19.8. The van der Waals surface area contributed by atoms with Gasteiger partial charge in [-0.2, -0.15) is 0 Å². The van der Waals surface area contributed by atoms with Gasteiger partial charge in [-0.15, -0.1) is 21.5 Å². The first-order chi connectivity index (χ1) is 14.2. The zero-order valence-corrected chi connectivity index (χ0v) is 17.3. The number of nitrogens with zero attached hydrogens (tertiary/aromatic N) is 4. The quantitative estimate of drug-likeness (QED) is 0.646. The van der Waals surface area contributed by atoms with Crippen molar-refractivity contribution in [3.05, 3.63) is 41.5 Å². The monoisotopic (exact) mass is 407 g/mol. The summed E-state index contributed by atoms with van der Waals surface area (Å²) in [6, 6.07) is 10.2. The maximum Gasteiger partial charge on any atom is 0.151 e. The van der Waals surface area contributed by atoms with Crippen LogP contribution in [-0.4, -0.2) is 46.0 Å². The molecule has 2 N–H and O–H groups in total. The fourth-order valence-electron chi connectivity index (χ4n) is 3.82. The van der Waals surface area contributed by atoms with E-state index in [0.717, 1.165) is 53.2 Å². The maximum atomic E-state index is 10.5. The molecular weight excluding hydrogens is 382 g/mol. The standard InChI is InChI=1S/C22H25N5OS/c1-14-23-12-21(29-14)16-4-5-18(20(28)10-16)19-6-7-22(26-25-19)27-9-8-17(13-27)24-11-15-2-3-15/h4-7,10,12,15,17,24,28H,2-3,8-9,11,13H2,1H3. The molecule has 3 heterocycles. The van der Waals surface area contributed by atoms with Crippen molar-refractivity contribution in [1.82, 2.24) is 20.5 Å². The second-order valence-electron chi connectivity index (χ2n) is 8.04. The molecule has 2 aliphatic rings. The van der Waals surface area contributed by atoms with Crippen molar-refractivity contribution < 1.29 is 5.11 Å². The molecule has 1 aliphatic carbocycles. The minimum Gasteiger partial charge on any atom is -0.507 e. The Morgan fingerprint density at radius 3 is 2.76 bits per heavy atom. The van der Waals surface area contributed by atoms with E-state index in [9.17, 15) is 5.11 Å². The van der Waals surface area contributed by atoms with Crippen LogP contribution in [0.2, 0.25) is 0 Å². The van der Waals surface area contributed by atoms with Crippen LogP contribution in [0, 0.1) is 12.8 Å². The third-order valence-electron chi connectivity index (χ3n) is 5.73. The summed E-state index contributed by atoms with van der Waals surface area (Å²) in [7, 11) is 0. The lowest BCUT2D eigenvalue weighted by Gasteiger charge is -2.17. The molecular formula is C22H25N5OS. The Morgan fingerprint density at radius 2 is 2.07 bits per heavy atom. The third kappa shape index (κ3) is 4.11. The molecule has 1 saturated heterocycles. The fraction of sp³-hybridized carbons (Fsp3) is 0.409. The van der Waals surface area contributed by atoms with Gasteiger partial charge in [0, 0.05) is 30.9 Å². The molecule has 1 saturated carbocycles. The van der Waals surface area contributed by atoms with Gasteiger partial charge < -0.3 is 15.3 Å². The van der Waals surface area contributed by atoms with E-state index in [1.807, 2.05) is 37.4 Å². The van der Waals surface area contributed by atoms with Crippen LogP contribution in [0.15, 0.2) is 36.5 Å². The second-order valence-corrected chi connectivity index (χ2v) is 9.27. The van der Waals surface area contributed by atoms with E-state index >= 15 is 0 Å². The first-order valence-corrected chi connectivity index (χ1v) is 11.1. The van der Waals surface area contributed by atoms with Crippen LogP contribution in [-0.2, 0) is 0 Å². The summed E-state index contributed by atoms with van der Waals surface area (Å²) < 4.78 is 0. The van der Waals surface area contributed by atoms with Gasteiger partial charge in [0.2, 0.25) is 0 Å². The van der Waals surface area contributed by atoms with E-state index in [1.165, 1.54) is 12.8 Å². The number of rotatable bonds is 6. The van der Waals surface area contributed by atoms with E-state index < -0.39 is 0 Å². The van der Waals surface area contributed by atoms with Crippen molar-refractivity contribution in [2.45, 2.75) is 32.2 Å². The Balaban J connectivity index is 1.27. The summed E-state index contributed by atoms with van der Waals surface area (Å²) in [6.45, 7) is 5.12. The highest BCUT2D eigenvalue weighted by atomic mass is 32.1. The lowest BCUT2D eigenvalue weighted by atomic mass is 10.1. The molecule has 1 aliphatic heterocycles. The molecule has 7 heteroatoms. The smallest absolute Gasteiger partial charge is 0.151 e. The minimum atomic E-state index is 0.209. The summed E-state index contributed by atoms with van der Waals surface area (Å²) in [4.78, 5) is 7.62. The molecule has 0 bridgehead atoms. The number of anilines is 1. The summed E-state index contributed by atoms with van der Waals surface area (Å²) in [5, 5.41) is 24.0. The molecule has 0 spiro atoms. The van der Waals surface area contributed by atoms with E-state index in [1.54, 1.807) is 17.4 Å². The van der Waals surface area contributed by atoms with Gasteiger partial charge in [-0.25, -0.2) is 4.98 Å². The van der Waals surface area contributed by atoms with Crippen molar-refractivity contribution >= 4 is 17.2 Å². The highest BCUT2D eigenvalue weighted by Gasteiger charge is 2.27. The number of aromatic nitrogens is 3. The molecule has 5 rings (SSSR count). The van der Waals surface area contributed by atoms with Crippen LogP contribution in [0.5, 0.6) is 5.75 Å². The molecule has 0 amide bonds. The Bertz CT molecular complexity index is 999. The van der Waals surface area contributed by atoms with Crippen molar-refractivity contribution in [2.24, 2.45) is 5.92 Å². The SMILES string of the molecule is Cc1ncc(-c2ccc(-c3ccc(N4CCC(NCC5CC5)C4)nn3)c(O)c2)s1. The predicted molar refractivity (Wildman–Crippen MR) is 116 cm³/mol.